The van der Waals surface area contributed by atoms with E-state index in [9.17, 15) is 14.9 Å². The van der Waals surface area contributed by atoms with Gasteiger partial charge in [-0.3, -0.25) is 10.1 Å². The van der Waals surface area contributed by atoms with Crippen molar-refractivity contribution in [3.05, 3.63) is 27.8 Å². The van der Waals surface area contributed by atoms with Gasteiger partial charge in [-0.05, 0) is 6.07 Å². The molecule has 1 atom stereocenters. The van der Waals surface area contributed by atoms with Gasteiger partial charge in [0.2, 0.25) is 6.79 Å². The quantitative estimate of drug-likeness (QED) is 0.500. The Labute approximate surface area is 114 Å². The minimum absolute atomic E-state index is 0. The van der Waals surface area contributed by atoms with Crippen LogP contribution in [-0.2, 0) is 9.53 Å². The number of hydrogen-bond acceptors (Lipinski definition) is 7. The van der Waals surface area contributed by atoms with Gasteiger partial charge in [0.05, 0.1) is 23.7 Å². The lowest BCUT2D eigenvalue weighted by atomic mass is 10.0. The molecule has 1 aliphatic heterocycles. The van der Waals surface area contributed by atoms with E-state index in [1.54, 1.807) is 0 Å². The number of ether oxygens (including phenoxy) is 3. The Morgan fingerprint density at radius 2 is 2.05 bits per heavy atom. The van der Waals surface area contributed by atoms with Crippen molar-refractivity contribution in [1.82, 2.24) is 0 Å². The minimum Gasteiger partial charge on any atom is -0.468 e. The van der Waals surface area contributed by atoms with Gasteiger partial charge in [-0.1, -0.05) is 0 Å². The van der Waals surface area contributed by atoms with Crippen molar-refractivity contribution in [2.45, 2.75) is 6.04 Å². The number of nitro groups is 1. The van der Waals surface area contributed by atoms with E-state index in [0.717, 1.165) is 7.11 Å². The van der Waals surface area contributed by atoms with Crippen LogP contribution in [0.5, 0.6) is 11.5 Å². The molecule has 0 saturated heterocycles. The van der Waals surface area contributed by atoms with Gasteiger partial charge in [0.25, 0.3) is 5.69 Å². The smallest absolute Gasteiger partial charge is 0.327 e. The fraction of sp³-hybridized carbons (Fsp3) is 0.300. The number of esters is 1. The number of hydrogen-bond donors (Lipinski definition) is 1. The maximum atomic E-state index is 11.3. The largest absolute Gasteiger partial charge is 0.468 e. The van der Waals surface area contributed by atoms with E-state index in [4.69, 9.17) is 15.2 Å². The molecule has 1 heterocycles. The van der Waals surface area contributed by atoms with Crippen molar-refractivity contribution < 1.29 is 23.9 Å². The predicted molar refractivity (Wildman–Crippen MR) is 65.4 cm³/mol. The van der Waals surface area contributed by atoms with Crippen LogP contribution in [0.25, 0.3) is 0 Å². The molecule has 9 heteroatoms. The average Bonchev–Trinajstić information content (AvgIpc) is 2.82. The zero-order chi connectivity index (χ0) is 13.3. The van der Waals surface area contributed by atoms with E-state index in [1.807, 2.05) is 0 Å². The monoisotopic (exact) mass is 290 g/mol. The van der Waals surface area contributed by atoms with Crippen molar-refractivity contribution in [3.63, 3.8) is 0 Å². The lowest BCUT2D eigenvalue weighted by molar-refractivity contribution is -0.385. The molecule has 0 spiro atoms. The van der Waals surface area contributed by atoms with E-state index in [2.05, 4.69) is 4.74 Å². The number of benzene rings is 1. The van der Waals surface area contributed by atoms with Crippen LogP contribution in [0.4, 0.5) is 5.69 Å². The first-order valence-electron chi connectivity index (χ1n) is 4.96. The molecule has 104 valence electrons. The van der Waals surface area contributed by atoms with Crippen LogP contribution in [0, 0.1) is 10.1 Å². The first kappa shape index (κ1) is 15.0. The summed E-state index contributed by atoms with van der Waals surface area (Å²) in [5.74, 6) is -0.200. The number of nitrogens with two attached hydrogens (primary N) is 1. The lowest BCUT2D eigenvalue weighted by Crippen LogP contribution is -2.23. The first-order valence-corrected chi connectivity index (χ1v) is 4.96. The second-order valence-electron chi connectivity index (χ2n) is 3.52. The van der Waals surface area contributed by atoms with Crippen molar-refractivity contribution in [2.24, 2.45) is 5.73 Å². The summed E-state index contributed by atoms with van der Waals surface area (Å²) >= 11 is 0. The Bertz CT molecular complexity index is 521. The normalized spacial score (nSPS) is 13.4. The number of carbonyl (C=O) groups is 1. The van der Waals surface area contributed by atoms with Gasteiger partial charge in [0, 0.05) is 0 Å². The van der Waals surface area contributed by atoms with Gasteiger partial charge in [-0.15, -0.1) is 12.4 Å². The second kappa shape index (κ2) is 5.72. The molecule has 2 rings (SSSR count). The highest BCUT2D eigenvalue weighted by atomic mass is 35.5. The molecule has 0 aliphatic carbocycles. The van der Waals surface area contributed by atoms with Gasteiger partial charge < -0.3 is 19.9 Å². The van der Waals surface area contributed by atoms with E-state index in [1.165, 1.54) is 12.1 Å². The zero-order valence-corrected chi connectivity index (χ0v) is 10.6. The summed E-state index contributed by atoms with van der Waals surface area (Å²) in [5.41, 5.74) is 5.32. The summed E-state index contributed by atoms with van der Waals surface area (Å²) < 4.78 is 14.6. The highest BCUT2D eigenvalue weighted by Crippen LogP contribution is 2.39. The summed E-state index contributed by atoms with van der Waals surface area (Å²) in [4.78, 5) is 21.6. The van der Waals surface area contributed by atoms with E-state index in [0.29, 0.717) is 5.75 Å². The maximum Gasteiger partial charge on any atom is 0.327 e. The number of halogens is 1. The molecule has 0 fully saturated rings. The molecule has 1 aromatic carbocycles. The standard InChI is InChI=1S/C10H10N2O6.ClH/c1-16-10(13)9(11)5-2-7-8(18-4-17-7)3-6(5)12(14)15;/h2-3,9H,4,11H2,1H3;1H/t9-;/m0./s1. The van der Waals surface area contributed by atoms with Crippen LogP contribution in [0.2, 0.25) is 0 Å². The van der Waals surface area contributed by atoms with Crippen LogP contribution in [-0.4, -0.2) is 24.8 Å². The molecule has 0 amide bonds. The molecule has 0 bridgehead atoms. The zero-order valence-electron chi connectivity index (χ0n) is 9.82. The predicted octanol–water partition coefficient (Wildman–Crippen LogP) is 0.918. The maximum absolute atomic E-state index is 11.3. The van der Waals surface area contributed by atoms with Crippen LogP contribution in [0.1, 0.15) is 11.6 Å². The highest BCUT2D eigenvalue weighted by Gasteiger charge is 2.30. The molecule has 8 nitrogen and oxygen atoms in total. The topological polar surface area (TPSA) is 114 Å². The summed E-state index contributed by atoms with van der Waals surface area (Å²) in [5, 5.41) is 10.9. The van der Waals surface area contributed by atoms with Gasteiger partial charge >= 0.3 is 5.97 Å². The van der Waals surface area contributed by atoms with Crippen molar-refractivity contribution in [1.29, 1.82) is 0 Å². The Balaban J connectivity index is 0.00000180. The molecule has 0 aromatic heterocycles. The molecule has 19 heavy (non-hydrogen) atoms. The molecule has 1 aromatic rings. The Hall–Kier alpha value is -2.06. The summed E-state index contributed by atoms with van der Waals surface area (Å²) in [6.07, 6.45) is 0. The number of fused-ring (bicyclic) bond motifs is 1. The number of nitrogens with zero attached hydrogens (tertiary/aromatic N) is 1. The van der Waals surface area contributed by atoms with Gasteiger partial charge in [0.15, 0.2) is 11.5 Å². The molecule has 0 saturated carbocycles. The lowest BCUT2D eigenvalue weighted by Gasteiger charge is -2.10. The van der Waals surface area contributed by atoms with Gasteiger partial charge in [0.1, 0.15) is 6.04 Å². The molecular formula is C10H11ClN2O6. The van der Waals surface area contributed by atoms with E-state index < -0.39 is 16.9 Å². The molecule has 2 N–H and O–H groups in total. The Morgan fingerprint density at radius 3 is 2.58 bits per heavy atom. The van der Waals surface area contributed by atoms with Crippen LogP contribution in [0.3, 0.4) is 0 Å². The molecule has 1 aliphatic rings. The number of nitro benzene ring substituents is 1. The number of rotatable bonds is 3. The average molecular weight is 291 g/mol. The molecule has 0 unspecified atom stereocenters. The fourth-order valence-electron chi connectivity index (χ4n) is 1.61. The molecular weight excluding hydrogens is 280 g/mol. The summed E-state index contributed by atoms with van der Waals surface area (Å²) in [6.45, 7) is -0.0244. The molecule has 0 radical (unpaired) electrons. The van der Waals surface area contributed by atoms with E-state index >= 15 is 0 Å². The summed E-state index contributed by atoms with van der Waals surface area (Å²) in [6, 6.07) is 1.26. The first-order chi connectivity index (χ1) is 8.54. The third kappa shape index (κ3) is 2.69. The van der Waals surface area contributed by atoms with Gasteiger partial charge in [-0.25, -0.2) is 4.79 Å². The van der Waals surface area contributed by atoms with E-state index in [-0.39, 0.29) is 36.2 Å². The third-order valence-electron chi connectivity index (χ3n) is 2.51. The van der Waals surface area contributed by atoms with Crippen molar-refractivity contribution in [3.8, 4) is 11.5 Å². The van der Waals surface area contributed by atoms with Gasteiger partial charge in [-0.2, -0.15) is 0 Å². The third-order valence-corrected chi connectivity index (χ3v) is 2.51. The Morgan fingerprint density at radius 1 is 1.47 bits per heavy atom. The van der Waals surface area contributed by atoms with Crippen LogP contribution >= 0.6 is 12.4 Å². The fourth-order valence-corrected chi connectivity index (χ4v) is 1.61. The van der Waals surface area contributed by atoms with Crippen LogP contribution < -0.4 is 15.2 Å². The van der Waals surface area contributed by atoms with Crippen molar-refractivity contribution >= 4 is 24.1 Å². The SMILES string of the molecule is COC(=O)[C@@H](N)c1cc2c(cc1[N+](=O)[O-])OCO2.Cl. The number of carbonyl (C=O) groups excluding carboxylic acids is 1. The van der Waals surface area contributed by atoms with Crippen LogP contribution in [0.15, 0.2) is 12.1 Å². The second-order valence-corrected chi connectivity index (χ2v) is 3.52. The minimum atomic E-state index is -1.25. The highest BCUT2D eigenvalue weighted by molar-refractivity contribution is 5.85. The Kier molecular flexibility index (Phi) is 4.52. The summed E-state index contributed by atoms with van der Waals surface area (Å²) in [7, 11) is 1.15. The van der Waals surface area contributed by atoms with Crippen molar-refractivity contribution in [2.75, 3.05) is 13.9 Å². The number of methoxy groups -OCH3 is 1.